The third kappa shape index (κ3) is 7.51. The molecule has 0 N–H and O–H groups in total. The minimum Gasteiger partial charge on any atom is -0.0999 e. The lowest BCUT2D eigenvalue weighted by atomic mass is 10.0. The Morgan fingerprint density at radius 1 is 1.18 bits per heavy atom. The van der Waals surface area contributed by atoms with Crippen LogP contribution in [0.3, 0.4) is 0 Å². The molecule has 0 saturated heterocycles. The lowest BCUT2D eigenvalue weighted by molar-refractivity contribution is 0.686. The highest BCUT2D eigenvalue weighted by atomic mass is 14.0. The zero-order valence-electron chi connectivity index (χ0n) is 7.86. The predicted octanol–water partition coefficient (Wildman–Crippen LogP) is 4.13. The Bertz CT molecular complexity index is 92.2. The van der Waals surface area contributed by atoms with Gasteiger partial charge in [0.05, 0.1) is 13.3 Å². The average Bonchev–Trinajstić information content (AvgIpc) is 2.01. The van der Waals surface area contributed by atoms with Crippen LogP contribution < -0.4 is 0 Å². The molecule has 0 unspecified atom stereocenters. The summed E-state index contributed by atoms with van der Waals surface area (Å²) in [4.78, 5) is 0. The minimum atomic E-state index is 1.05. The summed E-state index contributed by atoms with van der Waals surface area (Å²) in [7, 11) is 0. The molecule has 0 radical (unpaired) electrons. The number of unbranched alkanes of at least 4 members (excludes halogenated alkanes) is 3. The van der Waals surface area contributed by atoms with E-state index in [0.717, 1.165) is 6.42 Å². The Balaban J connectivity index is 3.09. The summed E-state index contributed by atoms with van der Waals surface area (Å²) >= 11 is 0. The summed E-state index contributed by atoms with van der Waals surface area (Å²) in [6, 6.07) is 0. The van der Waals surface area contributed by atoms with Crippen molar-refractivity contribution >= 4 is 0 Å². The van der Waals surface area contributed by atoms with Crippen molar-refractivity contribution in [2.24, 2.45) is 0 Å². The third-order valence-corrected chi connectivity index (χ3v) is 1.91. The van der Waals surface area contributed by atoms with E-state index in [0.29, 0.717) is 0 Å². The van der Waals surface area contributed by atoms with Crippen molar-refractivity contribution in [3.05, 3.63) is 19.1 Å². The molecule has 0 aliphatic heterocycles. The molecule has 0 saturated carbocycles. The quantitative estimate of drug-likeness (QED) is 0.293. The van der Waals surface area contributed by atoms with Gasteiger partial charge in [-0.2, -0.15) is 0 Å². The van der Waals surface area contributed by atoms with Crippen LogP contribution in [-0.2, 0) is 0 Å². The van der Waals surface area contributed by atoms with E-state index >= 15 is 0 Å². The Morgan fingerprint density at radius 3 is 2.36 bits per heavy atom. The monoisotopic (exact) mass is 153 g/mol. The summed E-state index contributed by atoms with van der Waals surface area (Å²) < 4.78 is 0. The first-order valence-corrected chi connectivity index (χ1v) is 4.77. The molecule has 0 heteroatoms. The maximum Gasteiger partial charge on any atom is 0.0853 e. The third-order valence-electron chi connectivity index (χ3n) is 1.91. The van der Waals surface area contributed by atoms with E-state index in [-0.39, 0.29) is 0 Å². The fourth-order valence-corrected chi connectivity index (χ4v) is 1.12. The van der Waals surface area contributed by atoms with E-state index < -0.39 is 0 Å². The molecule has 0 atom stereocenters. The molecule has 0 aromatic rings. The van der Waals surface area contributed by atoms with Gasteiger partial charge in [0.25, 0.3) is 0 Å². The van der Waals surface area contributed by atoms with Crippen molar-refractivity contribution in [2.45, 2.75) is 51.9 Å². The first-order chi connectivity index (χ1) is 5.31. The highest BCUT2D eigenvalue weighted by Crippen LogP contribution is 2.12. The van der Waals surface area contributed by atoms with Crippen LogP contribution in [0.5, 0.6) is 0 Å². The maximum absolute atomic E-state index is 4.04. The molecule has 0 aromatic heterocycles. The van der Waals surface area contributed by atoms with E-state index in [1.165, 1.54) is 44.1 Å². The van der Waals surface area contributed by atoms with Crippen LogP contribution in [0.4, 0.5) is 0 Å². The van der Waals surface area contributed by atoms with Gasteiger partial charge in [-0.05, 0) is 25.7 Å². The zero-order valence-corrected chi connectivity index (χ0v) is 7.86. The van der Waals surface area contributed by atoms with Crippen molar-refractivity contribution in [1.82, 2.24) is 0 Å². The Hall–Kier alpha value is -0.390. The first-order valence-electron chi connectivity index (χ1n) is 4.77. The molecule has 0 amide bonds. The molecule has 0 heterocycles. The van der Waals surface area contributed by atoms with Gasteiger partial charge in [0.1, 0.15) is 0 Å². The molecule has 0 rings (SSSR count). The van der Waals surface area contributed by atoms with Crippen LogP contribution in [0.1, 0.15) is 51.9 Å². The molecular formula is C11H21+. The largest absolute Gasteiger partial charge is 0.0999 e. The molecule has 0 aliphatic rings. The van der Waals surface area contributed by atoms with Gasteiger partial charge in [0, 0.05) is 0 Å². The predicted molar refractivity (Wildman–Crippen MR) is 52.5 cm³/mol. The van der Waals surface area contributed by atoms with Crippen molar-refractivity contribution in [3.8, 4) is 0 Å². The van der Waals surface area contributed by atoms with Crippen LogP contribution in [0.15, 0.2) is 12.2 Å². The molecule has 0 aliphatic carbocycles. The van der Waals surface area contributed by atoms with Crippen molar-refractivity contribution in [2.75, 3.05) is 0 Å². The zero-order chi connectivity index (χ0) is 8.53. The van der Waals surface area contributed by atoms with Crippen LogP contribution in [0.25, 0.3) is 0 Å². The topological polar surface area (TPSA) is 0 Å². The van der Waals surface area contributed by atoms with Gasteiger partial charge in [-0.25, -0.2) is 0 Å². The molecular weight excluding hydrogens is 132 g/mol. The summed E-state index contributed by atoms with van der Waals surface area (Å²) in [6.07, 6.45) is 8.66. The van der Waals surface area contributed by atoms with Crippen LogP contribution >= 0.6 is 0 Å². The lowest BCUT2D eigenvalue weighted by Gasteiger charge is -2.01. The molecule has 0 bridgehead atoms. The van der Waals surface area contributed by atoms with E-state index in [2.05, 4.69) is 20.4 Å². The molecule has 0 fully saturated rings. The normalized spacial score (nSPS) is 9.91. The second-order valence-corrected chi connectivity index (χ2v) is 3.16. The highest BCUT2D eigenvalue weighted by Gasteiger charge is 1.94. The fraction of sp³-hybridized carbons (Fsp3) is 0.727. The maximum atomic E-state index is 4.04. The second kappa shape index (κ2) is 7.71. The summed E-state index contributed by atoms with van der Waals surface area (Å²) in [5, 5.41) is 0. The Kier molecular flexibility index (Phi) is 7.44. The van der Waals surface area contributed by atoms with Gasteiger partial charge in [-0.1, -0.05) is 31.9 Å². The van der Waals surface area contributed by atoms with Crippen LogP contribution in [-0.4, -0.2) is 0 Å². The number of rotatable bonds is 7. The van der Waals surface area contributed by atoms with Gasteiger partial charge in [0.15, 0.2) is 0 Å². The van der Waals surface area contributed by atoms with Crippen LogP contribution in [0, 0.1) is 6.92 Å². The first kappa shape index (κ1) is 10.6. The molecule has 0 spiro atoms. The SMILES string of the molecule is C=C(CCC[CH2+])CCCCC. The summed E-state index contributed by atoms with van der Waals surface area (Å²) in [5.74, 6) is 0. The van der Waals surface area contributed by atoms with E-state index in [4.69, 9.17) is 0 Å². The summed E-state index contributed by atoms with van der Waals surface area (Å²) in [5.41, 5.74) is 1.42. The fourth-order valence-electron chi connectivity index (χ4n) is 1.12. The van der Waals surface area contributed by atoms with Gasteiger partial charge in [-0.3, -0.25) is 0 Å². The van der Waals surface area contributed by atoms with Gasteiger partial charge in [0.2, 0.25) is 0 Å². The van der Waals surface area contributed by atoms with Gasteiger partial charge < -0.3 is 0 Å². The molecule has 0 aromatic carbocycles. The van der Waals surface area contributed by atoms with Crippen molar-refractivity contribution < 1.29 is 0 Å². The van der Waals surface area contributed by atoms with E-state index in [1.54, 1.807) is 0 Å². The number of hydrogen-bond donors (Lipinski definition) is 0. The smallest absolute Gasteiger partial charge is 0.0853 e. The van der Waals surface area contributed by atoms with Gasteiger partial charge in [-0.15, -0.1) is 0 Å². The van der Waals surface area contributed by atoms with Crippen molar-refractivity contribution in [1.29, 1.82) is 0 Å². The molecule has 11 heavy (non-hydrogen) atoms. The Labute approximate surface area is 71.7 Å². The highest BCUT2D eigenvalue weighted by molar-refractivity contribution is 4.93. The molecule has 64 valence electrons. The molecule has 0 nitrogen and oxygen atoms in total. The number of hydrogen-bond acceptors (Lipinski definition) is 0. The average molecular weight is 153 g/mol. The van der Waals surface area contributed by atoms with Gasteiger partial charge >= 0.3 is 0 Å². The number of allylic oxidation sites excluding steroid dienone is 1. The van der Waals surface area contributed by atoms with Crippen molar-refractivity contribution in [3.63, 3.8) is 0 Å². The standard InChI is InChI=1S/C11H21/c1-4-6-8-10-11(3)9-7-5-2/h2-10H2,1H3/q+1. The van der Waals surface area contributed by atoms with Crippen LogP contribution in [0.2, 0.25) is 0 Å². The second-order valence-electron chi connectivity index (χ2n) is 3.16. The van der Waals surface area contributed by atoms with E-state index in [1.807, 2.05) is 0 Å². The van der Waals surface area contributed by atoms with E-state index in [9.17, 15) is 0 Å². The minimum absolute atomic E-state index is 1.05. The summed E-state index contributed by atoms with van der Waals surface area (Å²) in [6.45, 7) is 10.1. The lowest BCUT2D eigenvalue weighted by Crippen LogP contribution is -1.82. The Morgan fingerprint density at radius 2 is 1.82 bits per heavy atom.